The molecule has 0 N–H and O–H groups in total. The Kier molecular flexibility index (Phi) is 3.88. The number of carbonyl (C=O) groups is 2. The Bertz CT molecular complexity index is 366. The number of carbonyl (C=O) groups excluding carboxylic acids is 2. The molecule has 4 nitrogen and oxygen atoms in total. The smallest absolute Gasteiger partial charge is 0.411 e. The molecule has 1 aliphatic carbocycles. The molecule has 0 aromatic heterocycles. The first-order valence-corrected chi connectivity index (χ1v) is 7.39. The number of likely N-dealkylation sites (tertiary alicyclic amines) is 1. The highest BCUT2D eigenvalue weighted by Gasteiger charge is 2.49. The van der Waals surface area contributed by atoms with Gasteiger partial charge >= 0.3 is 6.09 Å². The van der Waals surface area contributed by atoms with Gasteiger partial charge in [0, 0.05) is 13.0 Å². The molecule has 1 amide bonds. The van der Waals surface area contributed by atoms with E-state index in [4.69, 9.17) is 4.74 Å². The molecule has 2 aliphatic rings. The van der Waals surface area contributed by atoms with E-state index in [9.17, 15) is 9.59 Å². The minimum Gasteiger partial charge on any atom is -0.444 e. The van der Waals surface area contributed by atoms with Gasteiger partial charge in [0.15, 0.2) is 5.78 Å². The van der Waals surface area contributed by atoms with Crippen LogP contribution in [0.25, 0.3) is 0 Å². The standard InChI is InChI=1S/C15H25NO3/c1-14(2,3)19-13(18)16-11-7-6-10-15(16)9-5-4-8-12(15)17/h4-11H2,1-3H3. The number of hydrogen-bond donors (Lipinski definition) is 0. The molecule has 2 fully saturated rings. The maximum absolute atomic E-state index is 12.4. The van der Waals surface area contributed by atoms with Crippen molar-refractivity contribution in [1.82, 2.24) is 4.90 Å². The predicted octanol–water partition coefficient (Wildman–Crippen LogP) is 3.29. The SMILES string of the molecule is CC(C)(C)OC(=O)N1CCCCC12CCCCC2=O. The van der Waals surface area contributed by atoms with Crippen molar-refractivity contribution in [3.05, 3.63) is 0 Å². The second-order valence-corrected chi connectivity index (χ2v) is 6.75. The third-order valence-electron chi connectivity index (χ3n) is 4.12. The molecule has 1 heterocycles. The molecule has 1 saturated carbocycles. The van der Waals surface area contributed by atoms with Crippen molar-refractivity contribution < 1.29 is 14.3 Å². The predicted molar refractivity (Wildman–Crippen MR) is 73.0 cm³/mol. The third-order valence-corrected chi connectivity index (χ3v) is 4.12. The van der Waals surface area contributed by atoms with Crippen LogP contribution in [0.1, 0.15) is 65.7 Å². The summed E-state index contributed by atoms with van der Waals surface area (Å²) in [4.78, 5) is 26.5. The lowest BCUT2D eigenvalue weighted by molar-refractivity contribution is -0.136. The summed E-state index contributed by atoms with van der Waals surface area (Å²) in [6.07, 6.45) is 5.91. The van der Waals surface area contributed by atoms with E-state index in [0.717, 1.165) is 38.5 Å². The first-order valence-electron chi connectivity index (χ1n) is 7.39. The lowest BCUT2D eigenvalue weighted by Gasteiger charge is -2.47. The van der Waals surface area contributed by atoms with Crippen molar-refractivity contribution in [2.75, 3.05) is 6.54 Å². The summed E-state index contributed by atoms with van der Waals surface area (Å²) in [6, 6.07) is 0. The zero-order chi connectivity index (χ0) is 14.1. The molecule has 1 aliphatic heterocycles. The molecule has 4 heteroatoms. The van der Waals surface area contributed by atoms with Crippen LogP contribution in [0.4, 0.5) is 4.79 Å². The highest BCUT2D eigenvalue weighted by molar-refractivity contribution is 5.92. The molecule has 108 valence electrons. The molecule has 0 aromatic rings. The molecule has 1 atom stereocenters. The van der Waals surface area contributed by atoms with Crippen LogP contribution in [-0.2, 0) is 9.53 Å². The summed E-state index contributed by atoms with van der Waals surface area (Å²) < 4.78 is 5.49. The molecular formula is C15H25NO3. The van der Waals surface area contributed by atoms with Crippen LogP contribution in [0.3, 0.4) is 0 Å². The normalized spacial score (nSPS) is 28.6. The summed E-state index contributed by atoms with van der Waals surface area (Å²) in [5.41, 5.74) is -1.06. The third kappa shape index (κ3) is 2.93. The van der Waals surface area contributed by atoms with Crippen LogP contribution in [-0.4, -0.2) is 34.5 Å². The van der Waals surface area contributed by atoms with Crippen molar-refractivity contribution in [3.63, 3.8) is 0 Å². The molecule has 0 bridgehead atoms. The summed E-state index contributed by atoms with van der Waals surface area (Å²) in [5.74, 6) is 0.240. The lowest BCUT2D eigenvalue weighted by atomic mass is 9.74. The van der Waals surface area contributed by atoms with Crippen molar-refractivity contribution in [2.24, 2.45) is 0 Å². The fourth-order valence-electron chi connectivity index (χ4n) is 3.24. The maximum Gasteiger partial charge on any atom is 0.411 e. The number of ketones is 1. The summed E-state index contributed by atoms with van der Waals surface area (Å²) in [6.45, 7) is 6.25. The molecule has 2 rings (SSSR count). The number of hydrogen-bond acceptors (Lipinski definition) is 3. The van der Waals surface area contributed by atoms with Crippen LogP contribution >= 0.6 is 0 Å². The minimum atomic E-state index is -0.557. The number of Topliss-reactive ketones (excluding diaryl/α,β-unsaturated/α-hetero) is 1. The number of rotatable bonds is 0. The minimum absolute atomic E-state index is 0.240. The van der Waals surface area contributed by atoms with Gasteiger partial charge in [0.2, 0.25) is 0 Å². The Hall–Kier alpha value is -1.06. The average molecular weight is 267 g/mol. The van der Waals surface area contributed by atoms with Crippen LogP contribution in [0.2, 0.25) is 0 Å². The first-order chi connectivity index (χ1) is 8.85. The zero-order valence-corrected chi connectivity index (χ0v) is 12.3. The Balaban J connectivity index is 2.20. The molecule has 1 unspecified atom stereocenters. The quantitative estimate of drug-likeness (QED) is 0.676. The van der Waals surface area contributed by atoms with Gasteiger partial charge in [-0.05, 0) is 52.9 Å². The number of piperidine rings is 1. The first kappa shape index (κ1) is 14.4. The fourth-order valence-corrected chi connectivity index (χ4v) is 3.24. The summed E-state index contributed by atoms with van der Waals surface area (Å²) >= 11 is 0. The molecule has 1 spiro atoms. The van der Waals surface area contributed by atoms with Gasteiger partial charge < -0.3 is 4.74 Å². The van der Waals surface area contributed by atoms with E-state index in [2.05, 4.69) is 0 Å². The Morgan fingerprint density at radius 1 is 1.16 bits per heavy atom. The van der Waals surface area contributed by atoms with Crippen LogP contribution in [0, 0.1) is 0 Å². The van der Waals surface area contributed by atoms with Gasteiger partial charge in [0.1, 0.15) is 11.1 Å². The summed E-state index contributed by atoms with van der Waals surface area (Å²) in [5, 5.41) is 0. The Morgan fingerprint density at radius 2 is 1.79 bits per heavy atom. The van der Waals surface area contributed by atoms with Gasteiger partial charge in [0.05, 0.1) is 0 Å². The van der Waals surface area contributed by atoms with Crippen molar-refractivity contribution >= 4 is 11.9 Å². The number of ether oxygens (including phenoxy) is 1. The van der Waals surface area contributed by atoms with Crippen molar-refractivity contribution in [1.29, 1.82) is 0 Å². The molecular weight excluding hydrogens is 242 g/mol. The van der Waals surface area contributed by atoms with Gasteiger partial charge in [-0.1, -0.05) is 6.42 Å². The van der Waals surface area contributed by atoms with Crippen LogP contribution in [0.5, 0.6) is 0 Å². The molecule has 1 saturated heterocycles. The average Bonchev–Trinajstić information content (AvgIpc) is 2.31. The molecule has 0 aromatic carbocycles. The van der Waals surface area contributed by atoms with E-state index in [0.29, 0.717) is 13.0 Å². The van der Waals surface area contributed by atoms with Crippen molar-refractivity contribution in [2.45, 2.75) is 76.9 Å². The van der Waals surface area contributed by atoms with E-state index in [1.165, 1.54) is 0 Å². The monoisotopic (exact) mass is 267 g/mol. The fraction of sp³-hybridized carbons (Fsp3) is 0.867. The molecule has 19 heavy (non-hydrogen) atoms. The Labute approximate surface area is 115 Å². The zero-order valence-electron chi connectivity index (χ0n) is 12.3. The Morgan fingerprint density at radius 3 is 2.37 bits per heavy atom. The van der Waals surface area contributed by atoms with Crippen LogP contribution < -0.4 is 0 Å². The largest absolute Gasteiger partial charge is 0.444 e. The van der Waals surface area contributed by atoms with E-state index in [-0.39, 0.29) is 11.9 Å². The topological polar surface area (TPSA) is 46.6 Å². The van der Waals surface area contributed by atoms with E-state index < -0.39 is 11.1 Å². The summed E-state index contributed by atoms with van der Waals surface area (Å²) in [7, 11) is 0. The number of nitrogens with zero attached hydrogens (tertiary/aromatic N) is 1. The van der Waals surface area contributed by atoms with Gasteiger partial charge in [0.25, 0.3) is 0 Å². The van der Waals surface area contributed by atoms with Gasteiger partial charge in [-0.15, -0.1) is 0 Å². The van der Waals surface area contributed by atoms with Gasteiger partial charge in [-0.3, -0.25) is 9.69 Å². The highest BCUT2D eigenvalue weighted by Crippen LogP contribution is 2.39. The number of amides is 1. The second kappa shape index (κ2) is 5.14. The van der Waals surface area contributed by atoms with Gasteiger partial charge in [-0.25, -0.2) is 4.79 Å². The van der Waals surface area contributed by atoms with Crippen molar-refractivity contribution in [3.8, 4) is 0 Å². The maximum atomic E-state index is 12.4. The van der Waals surface area contributed by atoms with E-state index >= 15 is 0 Å². The lowest BCUT2D eigenvalue weighted by Crippen LogP contribution is -2.61. The highest BCUT2D eigenvalue weighted by atomic mass is 16.6. The second-order valence-electron chi connectivity index (χ2n) is 6.75. The van der Waals surface area contributed by atoms with E-state index in [1.54, 1.807) is 4.90 Å². The van der Waals surface area contributed by atoms with E-state index in [1.807, 2.05) is 20.8 Å². The molecule has 0 radical (unpaired) electrons. The van der Waals surface area contributed by atoms with Crippen LogP contribution in [0.15, 0.2) is 0 Å². The van der Waals surface area contributed by atoms with Gasteiger partial charge in [-0.2, -0.15) is 0 Å².